The van der Waals surface area contributed by atoms with E-state index in [0.29, 0.717) is 0 Å². The van der Waals surface area contributed by atoms with Gasteiger partial charge < -0.3 is 14.9 Å². The van der Waals surface area contributed by atoms with E-state index in [9.17, 15) is 19.8 Å². The molecule has 0 saturated carbocycles. The van der Waals surface area contributed by atoms with E-state index in [1.54, 1.807) is 12.1 Å². The summed E-state index contributed by atoms with van der Waals surface area (Å²) in [4.78, 5) is 29.6. The topological polar surface area (TPSA) is 96.7 Å². The number of ether oxygens (including phenoxy) is 1. The number of rotatable bonds is 3. The monoisotopic (exact) mass is 461 g/mol. The highest BCUT2D eigenvalue weighted by atomic mass is 35.5. The van der Waals surface area contributed by atoms with Gasteiger partial charge in [-0.25, -0.2) is 4.79 Å². The lowest BCUT2D eigenvalue weighted by Gasteiger charge is -2.32. The van der Waals surface area contributed by atoms with Gasteiger partial charge in [0.05, 0.1) is 11.3 Å². The molecule has 2 unspecified atom stereocenters. The number of aliphatic hydroxyl groups is 1. The quantitative estimate of drug-likeness (QED) is 0.537. The van der Waals surface area contributed by atoms with Crippen molar-refractivity contribution in [3.8, 4) is 11.5 Å². The molecule has 0 fully saturated rings. The molecule has 0 bridgehead atoms. The van der Waals surface area contributed by atoms with E-state index in [2.05, 4.69) is 4.98 Å². The normalized spacial score (nSPS) is 18.5. The number of para-hydroxylation sites is 1. The van der Waals surface area contributed by atoms with Gasteiger partial charge in [0, 0.05) is 17.3 Å². The lowest BCUT2D eigenvalue weighted by atomic mass is 10.0. The number of aliphatic hydroxyl groups excluding tert-OH is 1. The Bertz CT molecular complexity index is 1210. The first-order valence-electron chi connectivity index (χ1n) is 9.37. The van der Waals surface area contributed by atoms with Crippen LogP contribution in [0.1, 0.15) is 17.4 Å². The van der Waals surface area contributed by atoms with Gasteiger partial charge in [-0.15, -0.1) is 4.48 Å². The van der Waals surface area contributed by atoms with Gasteiger partial charge in [0.2, 0.25) is 0 Å². The second-order valence-corrected chi connectivity index (χ2v) is 7.59. The van der Waals surface area contributed by atoms with Crippen LogP contribution < -0.4 is 9.22 Å². The molecule has 2 amide bonds. The zero-order valence-electron chi connectivity index (χ0n) is 16.3. The standard InChI is InChI=1S/C22H15ClF2N2O5/c23-14-8-9-18-16(11-14)27(21(30)31,12-13-5-1-2-7-17(13)32-18)20(29)22(24,25)19(28)15-6-3-4-10-26-15/h1-11,19,28H,12H2/p+1. The first-order valence-corrected chi connectivity index (χ1v) is 9.75. The highest BCUT2D eigenvalue weighted by Crippen LogP contribution is 2.47. The van der Waals surface area contributed by atoms with Crippen molar-refractivity contribution in [3.63, 3.8) is 0 Å². The Hall–Kier alpha value is -3.40. The summed E-state index contributed by atoms with van der Waals surface area (Å²) in [5.41, 5.74) is -0.662. The van der Waals surface area contributed by atoms with Gasteiger partial charge in [0.1, 0.15) is 12.3 Å². The van der Waals surface area contributed by atoms with Gasteiger partial charge in [-0.3, -0.25) is 4.98 Å². The van der Waals surface area contributed by atoms with Crippen LogP contribution >= 0.6 is 11.6 Å². The molecule has 2 aromatic carbocycles. The number of fused-ring (bicyclic) bond motifs is 2. The fourth-order valence-corrected chi connectivity index (χ4v) is 3.77. The van der Waals surface area contributed by atoms with Crippen LogP contribution in [-0.4, -0.2) is 33.1 Å². The van der Waals surface area contributed by atoms with Gasteiger partial charge in [0.15, 0.2) is 17.5 Å². The summed E-state index contributed by atoms with van der Waals surface area (Å²) in [6.07, 6.45) is -3.38. The molecule has 1 aliphatic heterocycles. The van der Waals surface area contributed by atoms with E-state index in [1.807, 2.05) is 0 Å². The Kier molecular flexibility index (Phi) is 5.41. The van der Waals surface area contributed by atoms with Crippen LogP contribution in [0.4, 0.5) is 19.3 Å². The maximum absolute atomic E-state index is 15.4. The number of carbonyl (C=O) groups is 2. The van der Waals surface area contributed by atoms with Gasteiger partial charge in [0.25, 0.3) is 0 Å². The SMILES string of the molecule is O=C(O)[N+]1(C(=O)C(F)(F)C(O)c2ccccn2)Cc2ccccc2Oc2ccc(Cl)cc21. The predicted molar refractivity (Wildman–Crippen MR) is 111 cm³/mol. The summed E-state index contributed by atoms with van der Waals surface area (Å²) in [6.45, 7) is -0.692. The number of carbonyl (C=O) groups excluding carboxylic acids is 1. The third kappa shape index (κ3) is 3.40. The highest BCUT2D eigenvalue weighted by Gasteiger charge is 2.65. The number of hydrogen-bond acceptors (Lipinski definition) is 5. The van der Waals surface area contributed by atoms with Crippen LogP contribution in [0.25, 0.3) is 0 Å². The zero-order valence-corrected chi connectivity index (χ0v) is 17.0. The van der Waals surface area contributed by atoms with Gasteiger partial charge >= 0.3 is 17.9 Å². The van der Waals surface area contributed by atoms with Gasteiger partial charge in [-0.1, -0.05) is 29.8 Å². The molecule has 2 heterocycles. The summed E-state index contributed by atoms with van der Waals surface area (Å²) in [6, 6.07) is 13.9. The molecule has 2 N–H and O–H groups in total. The van der Waals surface area contributed by atoms with Crippen molar-refractivity contribution in [2.75, 3.05) is 0 Å². The second-order valence-electron chi connectivity index (χ2n) is 7.16. The average Bonchev–Trinajstić information content (AvgIpc) is 2.93. The number of pyridine rings is 1. The van der Waals surface area contributed by atoms with Crippen molar-refractivity contribution in [2.45, 2.75) is 18.6 Å². The number of quaternary nitrogens is 1. The number of aromatic nitrogens is 1. The number of hydrogen-bond donors (Lipinski definition) is 2. The van der Waals surface area contributed by atoms with Crippen LogP contribution in [0.5, 0.6) is 11.5 Å². The summed E-state index contributed by atoms with van der Waals surface area (Å²) in [5.74, 6) is -6.50. The average molecular weight is 462 g/mol. The van der Waals surface area contributed by atoms with Crippen LogP contribution in [0, 0.1) is 0 Å². The number of imide groups is 1. The third-order valence-electron chi connectivity index (χ3n) is 5.20. The zero-order chi connectivity index (χ0) is 23.1. The minimum atomic E-state index is -4.52. The van der Waals surface area contributed by atoms with Crippen LogP contribution in [0.2, 0.25) is 5.02 Å². The fraction of sp³-hybridized carbons (Fsp3) is 0.136. The van der Waals surface area contributed by atoms with Crippen molar-refractivity contribution in [1.29, 1.82) is 0 Å². The van der Waals surface area contributed by atoms with E-state index in [-0.39, 0.29) is 27.8 Å². The van der Waals surface area contributed by atoms with Crippen molar-refractivity contribution in [3.05, 3.63) is 83.1 Å². The lowest BCUT2D eigenvalue weighted by molar-refractivity contribution is -0.173. The predicted octanol–water partition coefficient (Wildman–Crippen LogP) is 4.92. The van der Waals surface area contributed by atoms with Crippen LogP contribution in [0.15, 0.2) is 66.9 Å². The van der Waals surface area contributed by atoms with E-state index < -0.39 is 40.7 Å². The highest BCUT2D eigenvalue weighted by molar-refractivity contribution is 6.31. The summed E-state index contributed by atoms with van der Waals surface area (Å²) in [7, 11) is 0. The second kappa shape index (κ2) is 7.94. The van der Waals surface area contributed by atoms with Crippen molar-refractivity contribution < 1.29 is 33.3 Å². The number of benzene rings is 2. The number of amides is 2. The smallest absolute Gasteiger partial charge is 0.451 e. The molecular weight excluding hydrogens is 446 g/mol. The molecule has 2 atom stereocenters. The lowest BCUT2D eigenvalue weighted by Crippen LogP contribution is -2.64. The maximum Gasteiger partial charge on any atom is 0.527 e. The molecule has 164 valence electrons. The Labute approximate surface area is 185 Å². The molecular formula is C22H16ClF2N2O5+. The first-order chi connectivity index (χ1) is 15.2. The van der Waals surface area contributed by atoms with E-state index in [1.165, 1.54) is 42.6 Å². The van der Waals surface area contributed by atoms with E-state index in [0.717, 1.165) is 12.1 Å². The Balaban J connectivity index is 1.95. The van der Waals surface area contributed by atoms with Crippen molar-refractivity contribution >= 4 is 29.3 Å². The number of alkyl halides is 2. The number of carboxylic acid groups (broad SMARTS) is 1. The minimum Gasteiger partial charge on any atom is -0.451 e. The molecule has 32 heavy (non-hydrogen) atoms. The van der Waals surface area contributed by atoms with E-state index in [4.69, 9.17) is 16.3 Å². The molecule has 7 nitrogen and oxygen atoms in total. The summed E-state index contributed by atoms with van der Waals surface area (Å²) >= 11 is 6.03. The van der Waals surface area contributed by atoms with Gasteiger partial charge in [-0.05, 0) is 36.4 Å². The Morgan fingerprint density at radius 3 is 2.50 bits per heavy atom. The number of nitrogens with zero attached hydrogens (tertiary/aromatic N) is 2. The first kappa shape index (κ1) is 21.8. The van der Waals surface area contributed by atoms with Gasteiger partial charge in [-0.2, -0.15) is 13.6 Å². The summed E-state index contributed by atoms with van der Waals surface area (Å²) in [5, 5.41) is 20.5. The third-order valence-corrected chi connectivity index (χ3v) is 5.44. The van der Waals surface area contributed by atoms with Crippen molar-refractivity contribution in [1.82, 2.24) is 9.47 Å². The van der Waals surface area contributed by atoms with E-state index >= 15 is 8.78 Å². The molecule has 0 spiro atoms. The molecule has 3 aromatic rings. The molecule has 0 saturated heterocycles. The minimum absolute atomic E-state index is 0.0171. The molecule has 0 radical (unpaired) electrons. The molecule has 1 aliphatic rings. The Morgan fingerprint density at radius 2 is 1.81 bits per heavy atom. The van der Waals surface area contributed by atoms with Crippen LogP contribution in [-0.2, 0) is 11.3 Å². The van der Waals surface area contributed by atoms with Crippen molar-refractivity contribution in [2.24, 2.45) is 0 Å². The fourth-order valence-electron chi connectivity index (χ4n) is 3.60. The Morgan fingerprint density at radius 1 is 1.09 bits per heavy atom. The molecule has 0 aliphatic carbocycles. The largest absolute Gasteiger partial charge is 0.527 e. The molecule has 1 aromatic heterocycles. The molecule has 10 heteroatoms. The maximum atomic E-state index is 15.4. The van der Waals surface area contributed by atoms with Crippen LogP contribution in [0.3, 0.4) is 0 Å². The summed E-state index contributed by atoms with van der Waals surface area (Å²) < 4.78 is 34.7. The molecule has 4 rings (SSSR count). The number of halogens is 3.